The molecule has 1 N–H and O–H groups in total. The Kier molecular flexibility index (Phi) is 7.60. The van der Waals surface area contributed by atoms with Gasteiger partial charge in [-0.1, -0.05) is 0 Å². The molecule has 0 saturated carbocycles. The molecule has 0 spiro atoms. The van der Waals surface area contributed by atoms with Crippen molar-refractivity contribution < 1.29 is 47.3 Å². The highest BCUT2D eigenvalue weighted by Crippen LogP contribution is 2.04. The van der Waals surface area contributed by atoms with Gasteiger partial charge >= 0.3 is 5.97 Å². The molecule has 0 atom stereocenters. The number of aromatic nitrogens is 1. The van der Waals surface area contributed by atoms with Gasteiger partial charge in [0.25, 0.3) is 5.91 Å². The molecule has 2 aromatic rings. The van der Waals surface area contributed by atoms with E-state index in [1.54, 1.807) is 22.9 Å². The highest BCUT2D eigenvalue weighted by molar-refractivity contribution is 5.93. The van der Waals surface area contributed by atoms with Gasteiger partial charge in [-0.2, -0.15) is 0 Å². The first-order chi connectivity index (χ1) is 10.6. The van der Waals surface area contributed by atoms with Crippen LogP contribution in [0.4, 0.5) is 4.39 Å². The lowest BCUT2D eigenvalue weighted by molar-refractivity contribution is -0.671. The normalized spacial score (nSPS) is 9.65. The van der Waals surface area contributed by atoms with Crippen LogP contribution in [0.25, 0.3) is 0 Å². The van der Waals surface area contributed by atoms with E-state index in [9.17, 15) is 14.0 Å². The number of rotatable bonds is 5. The third-order valence-electron chi connectivity index (χ3n) is 2.90. The fraction of sp³-hybridized carbons (Fsp3) is 0.188. The zero-order chi connectivity index (χ0) is 15.9. The lowest BCUT2D eigenvalue weighted by atomic mass is 10.2. The quantitative estimate of drug-likeness (QED) is 0.265. The van der Waals surface area contributed by atoms with E-state index >= 15 is 0 Å². The molecule has 23 heavy (non-hydrogen) atoms. The molecule has 0 fully saturated rings. The number of halogens is 2. The van der Waals surface area contributed by atoms with Crippen LogP contribution in [0.15, 0.2) is 48.8 Å². The molecule has 122 valence electrons. The monoisotopic (exact) mass is 430 g/mol. The number of ether oxygens (including phenoxy) is 1. The van der Waals surface area contributed by atoms with E-state index < -0.39 is 11.8 Å². The van der Waals surface area contributed by atoms with Crippen LogP contribution in [0.3, 0.4) is 0 Å². The topological polar surface area (TPSA) is 59.3 Å². The lowest BCUT2D eigenvalue weighted by Gasteiger charge is -2.06. The number of carbonyl (C=O) groups is 2. The average molecular weight is 430 g/mol. The predicted octanol–water partition coefficient (Wildman–Crippen LogP) is -1.76. The first kappa shape index (κ1) is 19.0. The molecule has 7 heteroatoms. The molecule has 0 bridgehead atoms. The molecule has 0 aliphatic carbocycles. The zero-order valence-corrected chi connectivity index (χ0v) is 14.6. The Labute approximate surface area is 150 Å². The minimum Gasteiger partial charge on any atom is -1.00 e. The predicted molar refractivity (Wildman–Crippen MR) is 76.6 cm³/mol. The Hall–Kier alpha value is -2.03. The third kappa shape index (κ3) is 5.93. The van der Waals surface area contributed by atoms with Crippen molar-refractivity contribution in [3.8, 4) is 0 Å². The van der Waals surface area contributed by atoms with Crippen molar-refractivity contribution in [1.82, 2.24) is 5.32 Å². The SMILES string of the molecule is C[n+]1cccc(C(=O)NCCOC(=O)c2ccc(F)cc2)c1.[I-]. The van der Waals surface area contributed by atoms with E-state index in [1.165, 1.54) is 24.3 Å². The summed E-state index contributed by atoms with van der Waals surface area (Å²) in [5.74, 6) is -1.21. The summed E-state index contributed by atoms with van der Waals surface area (Å²) in [6, 6.07) is 8.53. The molecule has 0 unspecified atom stereocenters. The zero-order valence-electron chi connectivity index (χ0n) is 12.5. The summed E-state index contributed by atoms with van der Waals surface area (Å²) in [6.45, 7) is 0.241. The summed E-state index contributed by atoms with van der Waals surface area (Å²) in [4.78, 5) is 23.5. The largest absolute Gasteiger partial charge is 1.00 e. The highest BCUT2D eigenvalue weighted by atomic mass is 127. The third-order valence-corrected chi connectivity index (χ3v) is 2.90. The summed E-state index contributed by atoms with van der Waals surface area (Å²) in [7, 11) is 1.82. The van der Waals surface area contributed by atoms with Crippen LogP contribution in [0.1, 0.15) is 20.7 Å². The number of esters is 1. The maximum absolute atomic E-state index is 12.7. The number of hydrogen-bond donors (Lipinski definition) is 1. The fourth-order valence-electron chi connectivity index (χ4n) is 1.80. The van der Waals surface area contributed by atoms with Crippen molar-refractivity contribution in [2.45, 2.75) is 0 Å². The molecule has 5 nitrogen and oxygen atoms in total. The summed E-state index contributed by atoms with van der Waals surface area (Å²) >= 11 is 0. The Balaban J connectivity index is 0.00000264. The Bertz CT molecular complexity index is 677. The van der Waals surface area contributed by atoms with E-state index in [0.717, 1.165) is 0 Å². The van der Waals surface area contributed by atoms with E-state index in [2.05, 4.69) is 5.32 Å². The number of amides is 1. The van der Waals surface area contributed by atoms with Gasteiger partial charge in [0.05, 0.1) is 12.1 Å². The van der Waals surface area contributed by atoms with Gasteiger partial charge in [-0.3, -0.25) is 4.79 Å². The smallest absolute Gasteiger partial charge is 0.338 e. The summed E-state index contributed by atoms with van der Waals surface area (Å²) in [6.07, 6.45) is 3.51. The Morgan fingerprint density at radius 1 is 1.17 bits per heavy atom. The Morgan fingerprint density at radius 2 is 1.87 bits per heavy atom. The minimum atomic E-state index is -0.555. The van der Waals surface area contributed by atoms with Gasteiger partial charge in [-0.15, -0.1) is 0 Å². The number of benzene rings is 1. The van der Waals surface area contributed by atoms with Crippen molar-refractivity contribution >= 4 is 11.9 Å². The van der Waals surface area contributed by atoms with Gasteiger partial charge in [0.2, 0.25) is 0 Å². The number of carbonyl (C=O) groups excluding carboxylic acids is 2. The highest BCUT2D eigenvalue weighted by Gasteiger charge is 2.10. The number of pyridine rings is 1. The average Bonchev–Trinajstić information content (AvgIpc) is 2.51. The molecular weight excluding hydrogens is 414 g/mol. The van der Waals surface area contributed by atoms with Gasteiger partial charge in [0.15, 0.2) is 12.4 Å². The molecule has 2 rings (SSSR count). The van der Waals surface area contributed by atoms with Crippen molar-refractivity contribution in [3.05, 3.63) is 65.7 Å². The van der Waals surface area contributed by atoms with E-state index in [4.69, 9.17) is 4.74 Å². The van der Waals surface area contributed by atoms with Crippen LogP contribution in [0.5, 0.6) is 0 Å². The second kappa shape index (κ2) is 9.19. The molecule has 0 radical (unpaired) electrons. The van der Waals surface area contributed by atoms with Crippen LogP contribution in [-0.4, -0.2) is 25.0 Å². The van der Waals surface area contributed by atoms with Gasteiger partial charge in [-0.05, 0) is 30.3 Å². The molecule has 1 amide bonds. The summed E-state index contributed by atoms with van der Waals surface area (Å²) in [5.41, 5.74) is 0.790. The molecule has 0 aliphatic heterocycles. The second-order valence-electron chi connectivity index (χ2n) is 4.66. The lowest BCUT2D eigenvalue weighted by Crippen LogP contribution is -3.00. The first-order valence-corrected chi connectivity index (χ1v) is 6.72. The summed E-state index contributed by atoms with van der Waals surface area (Å²) in [5, 5.41) is 2.65. The minimum absolute atomic E-state index is 0. The van der Waals surface area contributed by atoms with E-state index in [-0.39, 0.29) is 48.6 Å². The fourth-order valence-corrected chi connectivity index (χ4v) is 1.80. The second-order valence-corrected chi connectivity index (χ2v) is 4.66. The maximum atomic E-state index is 12.7. The summed E-state index contributed by atoms with van der Waals surface area (Å²) < 4.78 is 19.5. The first-order valence-electron chi connectivity index (χ1n) is 6.72. The van der Waals surface area contributed by atoms with Gasteiger partial charge < -0.3 is 34.0 Å². The molecule has 0 saturated heterocycles. The van der Waals surface area contributed by atoms with Crippen LogP contribution < -0.4 is 33.9 Å². The molecule has 1 heterocycles. The van der Waals surface area contributed by atoms with Crippen LogP contribution in [0, 0.1) is 5.82 Å². The van der Waals surface area contributed by atoms with E-state index in [1.807, 2.05) is 13.2 Å². The van der Waals surface area contributed by atoms with Crippen LogP contribution in [-0.2, 0) is 11.8 Å². The van der Waals surface area contributed by atoms with Crippen molar-refractivity contribution in [3.63, 3.8) is 0 Å². The van der Waals surface area contributed by atoms with Crippen LogP contribution >= 0.6 is 0 Å². The van der Waals surface area contributed by atoms with Gasteiger partial charge in [0, 0.05) is 6.07 Å². The number of aryl methyl sites for hydroxylation is 1. The number of nitrogens with zero attached hydrogens (tertiary/aromatic N) is 1. The molecule has 1 aromatic carbocycles. The molecule has 1 aromatic heterocycles. The number of hydrogen-bond acceptors (Lipinski definition) is 3. The maximum Gasteiger partial charge on any atom is 0.338 e. The Morgan fingerprint density at radius 3 is 2.52 bits per heavy atom. The van der Waals surface area contributed by atoms with E-state index in [0.29, 0.717) is 5.56 Å². The van der Waals surface area contributed by atoms with Gasteiger partial charge in [0.1, 0.15) is 25.0 Å². The van der Waals surface area contributed by atoms with Crippen molar-refractivity contribution in [1.29, 1.82) is 0 Å². The van der Waals surface area contributed by atoms with Crippen molar-refractivity contribution in [2.75, 3.05) is 13.2 Å². The molecule has 0 aliphatic rings. The van der Waals surface area contributed by atoms with Gasteiger partial charge in [-0.25, -0.2) is 13.8 Å². The molecular formula is C16H16FIN2O3. The number of nitrogens with one attached hydrogen (secondary N) is 1. The van der Waals surface area contributed by atoms with Crippen LogP contribution in [0.2, 0.25) is 0 Å². The van der Waals surface area contributed by atoms with Crippen molar-refractivity contribution in [2.24, 2.45) is 7.05 Å². The standard InChI is InChI=1S/C16H15FN2O3.HI/c1-19-9-2-3-13(11-19)15(20)18-8-10-22-16(21)12-4-6-14(17)7-5-12;/h2-7,9,11H,8,10H2,1H3;1H.